The maximum atomic E-state index is 9.02. The van der Waals surface area contributed by atoms with Crippen LogP contribution in [0, 0.1) is 18.3 Å². The van der Waals surface area contributed by atoms with Gasteiger partial charge in [0.2, 0.25) is 0 Å². The van der Waals surface area contributed by atoms with Gasteiger partial charge in [0.1, 0.15) is 17.5 Å². The molecule has 5 nitrogen and oxygen atoms in total. The number of nitriles is 1. The minimum atomic E-state index is -0.0602. The Balaban J connectivity index is 2.28. The third kappa shape index (κ3) is 2.81. The van der Waals surface area contributed by atoms with Crippen molar-refractivity contribution < 1.29 is 9.84 Å². The molecule has 0 unspecified atom stereocenters. The van der Waals surface area contributed by atoms with E-state index in [1.54, 1.807) is 37.3 Å². The summed E-state index contributed by atoms with van der Waals surface area (Å²) in [4.78, 5) is 8.03. The third-order valence-corrected chi connectivity index (χ3v) is 2.24. The van der Waals surface area contributed by atoms with Crippen LogP contribution in [0.1, 0.15) is 17.0 Å². The zero-order valence-electron chi connectivity index (χ0n) is 9.79. The number of hydrogen-bond acceptors (Lipinski definition) is 5. The first-order valence-electron chi connectivity index (χ1n) is 5.34. The van der Waals surface area contributed by atoms with E-state index in [0.29, 0.717) is 11.4 Å². The lowest BCUT2D eigenvalue weighted by molar-refractivity contribution is 0.281. The molecule has 0 aliphatic carbocycles. The maximum absolute atomic E-state index is 9.02. The van der Waals surface area contributed by atoms with E-state index < -0.39 is 0 Å². The number of aliphatic hydroxyl groups is 1. The van der Waals surface area contributed by atoms with E-state index in [-0.39, 0.29) is 18.3 Å². The Morgan fingerprint density at radius 2 is 2.17 bits per heavy atom. The first-order chi connectivity index (χ1) is 8.71. The fraction of sp³-hybridized carbons (Fsp3) is 0.154. The molecule has 5 heteroatoms. The minimum absolute atomic E-state index is 0.0602. The molecule has 0 atom stereocenters. The van der Waals surface area contributed by atoms with Gasteiger partial charge in [0.05, 0.1) is 6.61 Å². The second-order valence-electron chi connectivity index (χ2n) is 3.70. The fourth-order valence-corrected chi connectivity index (χ4v) is 1.46. The summed E-state index contributed by atoms with van der Waals surface area (Å²) < 4.78 is 5.46. The van der Waals surface area contributed by atoms with Crippen molar-refractivity contribution in [3.63, 3.8) is 0 Å². The number of rotatable bonds is 3. The highest BCUT2D eigenvalue weighted by Crippen LogP contribution is 2.19. The molecule has 1 aromatic heterocycles. The molecule has 18 heavy (non-hydrogen) atoms. The van der Waals surface area contributed by atoms with Gasteiger partial charge in [0.25, 0.3) is 0 Å². The molecule has 1 heterocycles. The zero-order chi connectivity index (χ0) is 13.0. The topological polar surface area (TPSA) is 79.0 Å². The number of nitrogens with zero attached hydrogens (tertiary/aromatic N) is 3. The van der Waals surface area contributed by atoms with Gasteiger partial charge in [-0.3, -0.25) is 0 Å². The van der Waals surface area contributed by atoms with Crippen LogP contribution in [0.15, 0.2) is 30.3 Å². The Bertz CT molecular complexity index is 605. The first-order valence-corrected chi connectivity index (χ1v) is 5.34. The molecule has 0 saturated carbocycles. The van der Waals surface area contributed by atoms with Gasteiger partial charge in [-0.2, -0.15) is 10.2 Å². The molecule has 90 valence electrons. The monoisotopic (exact) mass is 241 g/mol. The average molecular weight is 241 g/mol. The van der Waals surface area contributed by atoms with Gasteiger partial charge in [-0.15, -0.1) is 0 Å². The number of ether oxygens (including phenoxy) is 1. The molecule has 0 amide bonds. The molecule has 1 aromatic carbocycles. The van der Waals surface area contributed by atoms with Crippen LogP contribution in [0.25, 0.3) is 0 Å². The molecule has 0 bridgehead atoms. The quantitative estimate of drug-likeness (QED) is 0.888. The lowest BCUT2D eigenvalue weighted by atomic mass is 10.2. The summed E-state index contributed by atoms with van der Waals surface area (Å²) in [5.74, 6) is 0.524. The molecular weight excluding hydrogens is 230 g/mol. The number of aliphatic hydroxyl groups excluding tert-OH is 1. The van der Waals surface area contributed by atoms with Crippen molar-refractivity contribution in [2.45, 2.75) is 13.5 Å². The SMILES string of the molecule is Cc1cc(C#N)nc(Oc2cccc(CO)c2)n1. The van der Waals surface area contributed by atoms with Gasteiger partial charge in [0.15, 0.2) is 0 Å². The van der Waals surface area contributed by atoms with Crippen LogP contribution in [0.5, 0.6) is 11.8 Å². The van der Waals surface area contributed by atoms with Gasteiger partial charge >= 0.3 is 6.01 Å². The van der Waals surface area contributed by atoms with Crippen molar-refractivity contribution in [1.82, 2.24) is 9.97 Å². The molecular formula is C13H11N3O2. The Hall–Kier alpha value is -2.45. The molecule has 2 aromatic rings. The van der Waals surface area contributed by atoms with Crippen molar-refractivity contribution in [3.8, 4) is 17.8 Å². The zero-order valence-corrected chi connectivity index (χ0v) is 9.79. The van der Waals surface area contributed by atoms with Gasteiger partial charge < -0.3 is 9.84 Å². The van der Waals surface area contributed by atoms with Gasteiger partial charge in [-0.25, -0.2) is 4.98 Å². The molecule has 0 aliphatic heterocycles. The van der Waals surface area contributed by atoms with E-state index in [9.17, 15) is 0 Å². The molecule has 0 spiro atoms. The smallest absolute Gasteiger partial charge is 0.323 e. The standard InChI is InChI=1S/C13H11N3O2/c1-9-5-11(7-14)16-13(15-9)18-12-4-2-3-10(6-12)8-17/h2-6,17H,8H2,1H3. The second kappa shape index (κ2) is 5.25. The van der Waals surface area contributed by atoms with E-state index in [4.69, 9.17) is 15.1 Å². The Kier molecular flexibility index (Phi) is 3.51. The highest BCUT2D eigenvalue weighted by Gasteiger charge is 2.04. The number of hydrogen-bond donors (Lipinski definition) is 1. The lowest BCUT2D eigenvalue weighted by Gasteiger charge is -2.05. The largest absolute Gasteiger partial charge is 0.424 e. The van der Waals surface area contributed by atoms with Crippen LogP contribution in [-0.4, -0.2) is 15.1 Å². The summed E-state index contributed by atoms with van der Waals surface area (Å²) in [6.07, 6.45) is 0. The summed E-state index contributed by atoms with van der Waals surface area (Å²) in [6, 6.07) is 10.6. The second-order valence-corrected chi connectivity index (χ2v) is 3.70. The van der Waals surface area contributed by atoms with Gasteiger partial charge in [0, 0.05) is 5.69 Å². The summed E-state index contributed by atoms with van der Waals surface area (Å²) in [7, 11) is 0. The predicted octanol–water partition coefficient (Wildman–Crippen LogP) is 1.94. The summed E-state index contributed by atoms with van der Waals surface area (Å²) in [5.41, 5.74) is 1.66. The van der Waals surface area contributed by atoms with Crippen LogP contribution in [-0.2, 0) is 6.61 Å². The van der Waals surface area contributed by atoms with Crippen LogP contribution in [0.4, 0.5) is 0 Å². The normalized spacial score (nSPS) is 9.83. The third-order valence-electron chi connectivity index (χ3n) is 2.24. The summed E-state index contributed by atoms with van der Waals surface area (Å²) in [5, 5.41) is 17.8. The van der Waals surface area contributed by atoms with Crippen molar-refractivity contribution in [2.24, 2.45) is 0 Å². The van der Waals surface area contributed by atoms with E-state index in [2.05, 4.69) is 9.97 Å². The van der Waals surface area contributed by atoms with Gasteiger partial charge in [-0.1, -0.05) is 12.1 Å². The van der Waals surface area contributed by atoms with Crippen LogP contribution >= 0.6 is 0 Å². The number of benzene rings is 1. The van der Waals surface area contributed by atoms with E-state index in [0.717, 1.165) is 5.56 Å². The lowest BCUT2D eigenvalue weighted by Crippen LogP contribution is -1.96. The highest BCUT2D eigenvalue weighted by molar-refractivity contribution is 5.31. The molecule has 0 aliphatic rings. The fourth-order valence-electron chi connectivity index (χ4n) is 1.46. The molecule has 0 fully saturated rings. The summed E-state index contributed by atoms with van der Waals surface area (Å²) >= 11 is 0. The maximum Gasteiger partial charge on any atom is 0.323 e. The van der Waals surface area contributed by atoms with E-state index >= 15 is 0 Å². The Labute approximate surface area is 104 Å². The highest BCUT2D eigenvalue weighted by atomic mass is 16.5. The van der Waals surface area contributed by atoms with Crippen LogP contribution in [0.2, 0.25) is 0 Å². The number of aromatic nitrogens is 2. The average Bonchev–Trinajstić information content (AvgIpc) is 2.38. The molecule has 0 saturated heterocycles. The van der Waals surface area contributed by atoms with Crippen molar-refractivity contribution in [1.29, 1.82) is 5.26 Å². The Morgan fingerprint density at radius 3 is 2.89 bits per heavy atom. The van der Waals surface area contributed by atoms with Crippen molar-refractivity contribution >= 4 is 0 Å². The number of aryl methyl sites for hydroxylation is 1. The van der Waals surface area contributed by atoms with Gasteiger partial charge in [-0.05, 0) is 30.7 Å². The van der Waals surface area contributed by atoms with Crippen LogP contribution < -0.4 is 4.74 Å². The summed E-state index contributed by atoms with van der Waals surface area (Å²) in [6.45, 7) is 1.70. The predicted molar refractivity (Wildman–Crippen MR) is 63.9 cm³/mol. The first kappa shape index (κ1) is 12.0. The van der Waals surface area contributed by atoms with E-state index in [1.807, 2.05) is 6.07 Å². The molecule has 0 radical (unpaired) electrons. The van der Waals surface area contributed by atoms with Crippen molar-refractivity contribution in [3.05, 3.63) is 47.3 Å². The minimum Gasteiger partial charge on any atom is -0.424 e. The van der Waals surface area contributed by atoms with Crippen LogP contribution in [0.3, 0.4) is 0 Å². The van der Waals surface area contributed by atoms with E-state index in [1.165, 1.54) is 0 Å². The Morgan fingerprint density at radius 1 is 1.33 bits per heavy atom. The molecule has 1 N–H and O–H groups in total. The molecule has 2 rings (SSSR count). The van der Waals surface area contributed by atoms with Crippen molar-refractivity contribution in [2.75, 3.05) is 0 Å².